The minimum absolute atomic E-state index is 0.115. The molecule has 0 bridgehead atoms. The molecule has 1 aliphatic heterocycles. The Labute approximate surface area is 200 Å². The molecule has 9 heteroatoms. The summed E-state index contributed by atoms with van der Waals surface area (Å²) in [5.41, 5.74) is 1.60. The van der Waals surface area contributed by atoms with Crippen molar-refractivity contribution in [2.45, 2.75) is 25.8 Å². The molecule has 2 heterocycles. The Balaban J connectivity index is 1.39. The van der Waals surface area contributed by atoms with Crippen molar-refractivity contribution < 1.29 is 9.59 Å². The molecule has 1 fully saturated rings. The van der Waals surface area contributed by atoms with Crippen molar-refractivity contribution in [1.29, 1.82) is 0 Å². The summed E-state index contributed by atoms with van der Waals surface area (Å²) in [6.45, 7) is 7.18. The van der Waals surface area contributed by atoms with Crippen molar-refractivity contribution in [2.75, 3.05) is 56.2 Å². The van der Waals surface area contributed by atoms with Gasteiger partial charge in [-0.2, -0.15) is 11.8 Å². The summed E-state index contributed by atoms with van der Waals surface area (Å²) < 4.78 is 0. The van der Waals surface area contributed by atoms with Crippen molar-refractivity contribution in [3.8, 4) is 0 Å². The molecule has 0 spiro atoms. The van der Waals surface area contributed by atoms with Gasteiger partial charge in [0.05, 0.1) is 0 Å². The number of aromatic nitrogens is 2. The first-order valence-corrected chi connectivity index (χ1v) is 12.8. The van der Waals surface area contributed by atoms with Gasteiger partial charge >= 0.3 is 0 Å². The van der Waals surface area contributed by atoms with Crippen molar-refractivity contribution in [2.24, 2.45) is 0 Å². The molecule has 0 aliphatic carbocycles. The third-order valence-corrected chi connectivity index (χ3v) is 6.31. The fourth-order valence-electron chi connectivity index (χ4n) is 3.80. The maximum Gasteiger partial charge on any atom is 0.251 e. The normalized spacial score (nSPS) is 15.2. The number of rotatable bonds is 11. The van der Waals surface area contributed by atoms with Gasteiger partial charge in [0.2, 0.25) is 11.9 Å². The van der Waals surface area contributed by atoms with E-state index in [4.69, 9.17) is 0 Å². The summed E-state index contributed by atoms with van der Waals surface area (Å²) in [5.74, 6) is 1.27. The van der Waals surface area contributed by atoms with E-state index in [1.807, 2.05) is 37.4 Å². The Bertz CT molecular complexity index is 890. The van der Waals surface area contributed by atoms with Crippen molar-refractivity contribution in [1.82, 2.24) is 25.5 Å². The lowest BCUT2D eigenvalue weighted by molar-refractivity contribution is -0.123. The lowest BCUT2D eigenvalue weighted by Gasteiger charge is -2.34. The number of hydrogen-bond donors (Lipinski definition) is 2. The Morgan fingerprint density at radius 3 is 2.58 bits per heavy atom. The lowest BCUT2D eigenvalue weighted by Crippen LogP contribution is -2.49. The third-order valence-electron chi connectivity index (χ3n) is 5.67. The van der Waals surface area contributed by atoms with Gasteiger partial charge in [-0.15, -0.1) is 0 Å². The molecule has 33 heavy (non-hydrogen) atoms. The van der Waals surface area contributed by atoms with E-state index in [2.05, 4.69) is 30.4 Å². The average Bonchev–Trinajstić information content (AvgIpc) is 2.85. The number of benzene rings is 1. The van der Waals surface area contributed by atoms with Crippen LogP contribution in [0.3, 0.4) is 0 Å². The van der Waals surface area contributed by atoms with Crippen LogP contribution in [0.5, 0.6) is 0 Å². The van der Waals surface area contributed by atoms with E-state index < -0.39 is 6.04 Å². The van der Waals surface area contributed by atoms with Gasteiger partial charge in [0.1, 0.15) is 6.04 Å². The van der Waals surface area contributed by atoms with Gasteiger partial charge in [-0.3, -0.25) is 14.5 Å². The average molecular weight is 471 g/mol. The zero-order chi connectivity index (χ0) is 23.5. The standard InChI is InChI=1S/C24H34N6O2S/c1-19-6-3-7-20(18-19)22(31)28-21(8-17-33-2)23(32)25-11-5-12-29-13-15-30(16-14-29)24-26-9-4-10-27-24/h3-4,6-7,9-10,18,21H,5,8,11-17H2,1-2H3,(H,25,32)(H,28,31). The Kier molecular flexibility index (Phi) is 9.96. The van der Waals surface area contributed by atoms with Crippen molar-refractivity contribution in [3.05, 3.63) is 53.9 Å². The van der Waals surface area contributed by atoms with Crippen LogP contribution in [0.15, 0.2) is 42.7 Å². The van der Waals surface area contributed by atoms with Crippen LogP contribution in [-0.2, 0) is 4.79 Å². The molecule has 1 aliphatic rings. The summed E-state index contributed by atoms with van der Waals surface area (Å²) >= 11 is 1.67. The molecule has 1 aromatic heterocycles. The van der Waals surface area contributed by atoms with E-state index in [1.54, 1.807) is 30.2 Å². The van der Waals surface area contributed by atoms with E-state index in [0.717, 1.165) is 56.4 Å². The largest absolute Gasteiger partial charge is 0.354 e. The van der Waals surface area contributed by atoms with Gasteiger partial charge < -0.3 is 15.5 Å². The van der Waals surface area contributed by atoms with Crippen molar-refractivity contribution >= 4 is 29.5 Å². The fourth-order valence-corrected chi connectivity index (χ4v) is 4.27. The molecular formula is C24H34N6O2S. The van der Waals surface area contributed by atoms with Crippen LogP contribution in [-0.4, -0.2) is 84.0 Å². The number of hydrogen-bond acceptors (Lipinski definition) is 7. The number of thioether (sulfide) groups is 1. The highest BCUT2D eigenvalue weighted by Crippen LogP contribution is 2.10. The number of nitrogens with one attached hydrogen (secondary N) is 2. The van der Waals surface area contributed by atoms with Crippen LogP contribution in [0.4, 0.5) is 5.95 Å². The maximum absolute atomic E-state index is 12.8. The van der Waals surface area contributed by atoms with Gasteiger partial charge in [0.25, 0.3) is 5.91 Å². The summed E-state index contributed by atoms with van der Waals surface area (Å²) in [7, 11) is 0. The van der Waals surface area contributed by atoms with Crippen molar-refractivity contribution in [3.63, 3.8) is 0 Å². The van der Waals surface area contributed by atoms with Crippen LogP contribution >= 0.6 is 11.8 Å². The van der Waals surface area contributed by atoms with E-state index in [1.165, 1.54) is 0 Å². The minimum atomic E-state index is -0.528. The number of amides is 2. The highest BCUT2D eigenvalue weighted by atomic mass is 32.2. The SMILES string of the molecule is CSCCC(NC(=O)c1cccc(C)c1)C(=O)NCCCN1CCN(c2ncccn2)CC1. The molecule has 178 valence electrons. The number of piperazine rings is 1. The molecule has 1 saturated heterocycles. The molecule has 0 saturated carbocycles. The highest BCUT2D eigenvalue weighted by Gasteiger charge is 2.22. The zero-order valence-corrected chi connectivity index (χ0v) is 20.3. The fraction of sp³-hybridized carbons (Fsp3) is 0.500. The van der Waals surface area contributed by atoms with Crippen LogP contribution in [0.25, 0.3) is 0 Å². The van der Waals surface area contributed by atoms with Gasteiger partial charge in [-0.1, -0.05) is 17.7 Å². The Morgan fingerprint density at radius 1 is 1.12 bits per heavy atom. The smallest absolute Gasteiger partial charge is 0.251 e. The first kappa shape index (κ1) is 25.0. The van der Waals surface area contributed by atoms with E-state index in [0.29, 0.717) is 18.5 Å². The number of anilines is 1. The maximum atomic E-state index is 12.8. The topological polar surface area (TPSA) is 90.5 Å². The molecule has 2 aromatic rings. The Hall–Kier alpha value is -2.65. The monoisotopic (exact) mass is 470 g/mol. The summed E-state index contributed by atoms with van der Waals surface area (Å²) in [6, 6.07) is 8.71. The second-order valence-corrected chi connectivity index (χ2v) is 9.18. The second-order valence-electron chi connectivity index (χ2n) is 8.20. The molecule has 2 amide bonds. The van der Waals surface area contributed by atoms with Gasteiger partial charge in [0, 0.05) is 50.7 Å². The van der Waals surface area contributed by atoms with Gasteiger partial charge in [-0.05, 0) is 56.5 Å². The number of aryl methyl sites for hydroxylation is 1. The summed E-state index contributed by atoms with van der Waals surface area (Å²) in [4.78, 5) is 38.6. The Morgan fingerprint density at radius 2 is 1.88 bits per heavy atom. The molecule has 2 N–H and O–H groups in total. The van der Waals surface area contributed by atoms with Gasteiger partial charge in [0.15, 0.2) is 0 Å². The van der Waals surface area contributed by atoms with Crippen LogP contribution in [0.1, 0.15) is 28.8 Å². The first-order chi connectivity index (χ1) is 16.1. The second kappa shape index (κ2) is 13.2. The highest BCUT2D eigenvalue weighted by molar-refractivity contribution is 7.98. The zero-order valence-electron chi connectivity index (χ0n) is 19.5. The van der Waals surface area contributed by atoms with Crippen LogP contribution < -0.4 is 15.5 Å². The van der Waals surface area contributed by atoms with Gasteiger partial charge in [-0.25, -0.2) is 9.97 Å². The molecule has 1 unspecified atom stereocenters. The summed E-state index contributed by atoms with van der Waals surface area (Å²) in [5, 5.41) is 5.93. The summed E-state index contributed by atoms with van der Waals surface area (Å²) in [6.07, 6.45) is 7.02. The number of carbonyl (C=O) groups excluding carboxylic acids is 2. The molecular weight excluding hydrogens is 436 g/mol. The van der Waals surface area contributed by atoms with E-state index in [9.17, 15) is 9.59 Å². The number of nitrogens with zero attached hydrogens (tertiary/aromatic N) is 4. The van der Waals surface area contributed by atoms with E-state index >= 15 is 0 Å². The minimum Gasteiger partial charge on any atom is -0.354 e. The van der Waals surface area contributed by atoms with Crippen LogP contribution in [0.2, 0.25) is 0 Å². The predicted octanol–water partition coefficient (Wildman–Crippen LogP) is 1.97. The number of carbonyl (C=O) groups is 2. The predicted molar refractivity (Wildman–Crippen MR) is 134 cm³/mol. The first-order valence-electron chi connectivity index (χ1n) is 11.5. The molecule has 0 radical (unpaired) electrons. The molecule has 3 rings (SSSR count). The molecule has 1 aromatic carbocycles. The van der Waals surface area contributed by atoms with Crippen LogP contribution in [0, 0.1) is 6.92 Å². The molecule has 1 atom stereocenters. The lowest BCUT2D eigenvalue weighted by atomic mass is 10.1. The molecule has 8 nitrogen and oxygen atoms in total. The quantitative estimate of drug-likeness (QED) is 0.485. The van der Waals surface area contributed by atoms with E-state index in [-0.39, 0.29) is 11.8 Å². The third kappa shape index (κ3) is 8.01.